The molecule has 1 aromatic rings. The summed E-state index contributed by atoms with van der Waals surface area (Å²) in [6.45, 7) is 4.92. The van der Waals surface area contributed by atoms with Crippen LogP contribution in [-0.4, -0.2) is 30.0 Å². The van der Waals surface area contributed by atoms with Gasteiger partial charge in [-0.25, -0.2) is 0 Å². The van der Waals surface area contributed by atoms with Gasteiger partial charge in [-0.15, -0.1) is 0 Å². The van der Waals surface area contributed by atoms with Crippen LogP contribution < -0.4 is 4.74 Å². The normalized spacial score (nSPS) is 17.2. The molecule has 1 aliphatic heterocycles. The number of ether oxygens (including phenoxy) is 1. The molecule has 1 fully saturated rings. The van der Waals surface area contributed by atoms with Crippen molar-refractivity contribution in [2.75, 3.05) is 13.1 Å². The Bertz CT molecular complexity index is 342. The lowest BCUT2D eigenvalue weighted by Crippen LogP contribution is -2.40. The van der Waals surface area contributed by atoms with Gasteiger partial charge >= 0.3 is 0 Å². The van der Waals surface area contributed by atoms with Crippen molar-refractivity contribution >= 4 is 5.91 Å². The molecule has 1 aliphatic rings. The van der Waals surface area contributed by atoms with E-state index in [0.717, 1.165) is 31.7 Å². The first-order chi connectivity index (χ1) is 7.75. The van der Waals surface area contributed by atoms with Crippen molar-refractivity contribution in [3.8, 4) is 5.75 Å². The minimum Gasteiger partial charge on any atom is -0.490 e. The van der Waals surface area contributed by atoms with E-state index in [-0.39, 0.29) is 12.0 Å². The summed E-state index contributed by atoms with van der Waals surface area (Å²) in [6.07, 6.45) is 1.99. The summed E-state index contributed by atoms with van der Waals surface area (Å²) >= 11 is 0. The van der Waals surface area contributed by atoms with E-state index in [1.165, 1.54) is 0 Å². The maximum atomic E-state index is 11.0. The Morgan fingerprint density at radius 3 is 2.44 bits per heavy atom. The van der Waals surface area contributed by atoms with E-state index < -0.39 is 0 Å². The summed E-state index contributed by atoms with van der Waals surface area (Å²) in [4.78, 5) is 12.8. The van der Waals surface area contributed by atoms with Gasteiger partial charge in [0.05, 0.1) is 0 Å². The number of nitrogens with zero attached hydrogens (tertiary/aromatic N) is 1. The molecule has 85 valence electrons. The zero-order chi connectivity index (χ0) is 11.4. The summed E-state index contributed by atoms with van der Waals surface area (Å²) in [7, 11) is 0. The van der Waals surface area contributed by atoms with Crippen LogP contribution in [-0.2, 0) is 4.79 Å². The van der Waals surface area contributed by atoms with Gasteiger partial charge in [-0.2, -0.15) is 0 Å². The first kappa shape index (κ1) is 11.0. The number of rotatable bonds is 2. The molecular weight excluding hydrogens is 202 g/mol. The zero-order valence-corrected chi connectivity index (χ0v) is 9.26. The predicted octanol–water partition coefficient (Wildman–Crippen LogP) is 1.89. The van der Waals surface area contributed by atoms with Gasteiger partial charge in [0, 0.05) is 32.9 Å². The smallest absolute Gasteiger partial charge is 0.223 e. The molecule has 2 rings (SSSR count). The van der Waals surface area contributed by atoms with E-state index >= 15 is 0 Å². The number of benzene rings is 1. The molecule has 0 N–H and O–H groups in total. The average molecular weight is 218 g/mol. The van der Waals surface area contributed by atoms with E-state index in [9.17, 15) is 4.79 Å². The van der Waals surface area contributed by atoms with Gasteiger partial charge in [-0.3, -0.25) is 4.79 Å². The summed E-state index contributed by atoms with van der Waals surface area (Å²) in [5, 5.41) is 0. The molecule has 0 atom stereocenters. The summed E-state index contributed by atoms with van der Waals surface area (Å²) in [5.41, 5.74) is 0. The fourth-order valence-electron chi connectivity index (χ4n) is 1.91. The van der Waals surface area contributed by atoms with Crippen molar-refractivity contribution in [2.45, 2.75) is 18.9 Å². The number of para-hydroxylation sites is 1. The van der Waals surface area contributed by atoms with Crippen LogP contribution in [0, 0.1) is 6.92 Å². The van der Waals surface area contributed by atoms with Gasteiger partial charge in [0.25, 0.3) is 0 Å². The molecule has 1 aromatic carbocycles. The number of hydrogen-bond acceptors (Lipinski definition) is 2. The van der Waals surface area contributed by atoms with Gasteiger partial charge < -0.3 is 9.64 Å². The Kier molecular flexibility index (Phi) is 3.44. The summed E-state index contributed by atoms with van der Waals surface area (Å²) < 4.78 is 5.82. The number of carbonyl (C=O) groups is 1. The third kappa shape index (κ3) is 2.75. The summed E-state index contributed by atoms with van der Waals surface area (Å²) in [5.74, 6) is 0.820. The highest BCUT2D eigenvalue weighted by atomic mass is 16.5. The Balaban J connectivity index is 1.84. The van der Waals surface area contributed by atoms with E-state index in [0.29, 0.717) is 0 Å². The van der Waals surface area contributed by atoms with Gasteiger partial charge in [0.2, 0.25) is 5.91 Å². The molecule has 0 unspecified atom stereocenters. The van der Waals surface area contributed by atoms with E-state index in [1.807, 2.05) is 30.3 Å². The highest BCUT2D eigenvalue weighted by Crippen LogP contribution is 2.18. The SMILES string of the molecule is [CH2]C(=O)N1CCC(Oc2ccccc2)CC1. The molecule has 3 heteroatoms. The van der Waals surface area contributed by atoms with Crippen LogP contribution in [0.15, 0.2) is 30.3 Å². The van der Waals surface area contributed by atoms with Crippen LogP contribution in [0.4, 0.5) is 0 Å². The fourth-order valence-corrected chi connectivity index (χ4v) is 1.91. The van der Waals surface area contributed by atoms with Crippen molar-refractivity contribution in [2.24, 2.45) is 0 Å². The van der Waals surface area contributed by atoms with Crippen LogP contribution in [0.2, 0.25) is 0 Å². The fraction of sp³-hybridized carbons (Fsp3) is 0.385. The molecule has 0 aliphatic carbocycles. The van der Waals surface area contributed by atoms with Crippen molar-refractivity contribution < 1.29 is 9.53 Å². The molecule has 0 spiro atoms. The van der Waals surface area contributed by atoms with Crippen molar-refractivity contribution in [3.63, 3.8) is 0 Å². The second-order valence-electron chi connectivity index (χ2n) is 4.01. The third-order valence-electron chi connectivity index (χ3n) is 2.84. The molecule has 3 nitrogen and oxygen atoms in total. The molecule has 1 saturated heterocycles. The Hall–Kier alpha value is -1.51. The first-order valence-electron chi connectivity index (χ1n) is 5.58. The minimum atomic E-state index is -0.0850. The predicted molar refractivity (Wildman–Crippen MR) is 62.0 cm³/mol. The number of hydrogen-bond donors (Lipinski definition) is 0. The lowest BCUT2D eigenvalue weighted by Gasteiger charge is -2.31. The van der Waals surface area contributed by atoms with Crippen LogP contribution in [0.3, 0.4) is 0 Å². The van der Waals surface area contributed by atoms with Gasteiger partial charge in [-0.05, 0) is 12.1 Å². The van der Waals surface area contributed by atoms with E-state index in [1.54, 1.807) is 4.90 Å². The van der Waals surface area contributed by atoms with Crippen molar-refractivity contribution in [1.82, 2.24) is 4.90 Å². The lowest BCUT2D eigenvalue weighted by molar-refractivity contribution is -0.128. The second kappa shape index (κ2) is 5.01. The van der Waals surface area contributed by atoms with Gasteiger partial charge in [0.1, 0.15) is 11.9 Å². The molecule has 16 heavy (non-hydrogen) atoms. The van der Waals surface area contributed by atoms with Crippen LogP contribution >= 0.6 is 0 Å². The number of piperidine rings is 1. The lowest BCUT2D eigenvalue weighted by atomic mass is 10.1. The molecule has 1 amide bonds. The molecule has 1 radical (unpaired) electrons. The number of amides is 1. The highest BCUT2D eigenvalue weighted by molar-refractivity contribution is 5.80. The second-order valence-corrected chi connectivity index (χ2v) is 4.01. The highest BCUT2D eigenvalue weighted by Gasteiger charge is 2.21. The molecule has 0 bridgehead atoms. The average Bonchev–Trinajstić information content (AvgIpc) is 2.31. The number of likely N-dealkylation sites (tertiary alicyclic amines) is 1. The van der Waals surface area contributed by atoms with Gasteiger partial charge in [-0.1, -0.05) is 18.2 Å². The molecular formula is C13H16NO2. The maximum Gasteiger partial charge on any atom is 0.223 e. The quantitative estimate of drug-likeness (QED) is 0.758. The summed E-state index contributed by atoms with van der Waals surface area (Å²) in [6, 6.07) is 9.81. The third-order valence-corrected chi connectivity index (χ3v) is 2.84. The Morgan fingerprint density at radius 2 is 1.88 bits per heavy atom. The monoisotopic (exact) mass is 218 g/mol. The Morgan fingerprint density at radius 1 is 1.25 bits per heavy atom. The Labute approximate surface area is 96.0 Å². The minimum absolute atomic E-state index is 0.0850. The van der Waals surface area contributed by atoms with Crippen LogP contribution in [0.25, 0.3) is 0 Å². The zero-order valence-electron chi connectivity index (χ0n) is 9.26. The van der Waals surface area contributed by atoms with Crippen molar-refractivity contribution in [3.05, 3.63) is 37.3 Å². The van der Waals surface area contributed by atoms with Crippen LogP contribution in [0.1, 0.15) is 12.8 Å². The standard InChI is InChI=1S/C13H16NO2/c1-11(15)14-9-7-13(8-10-14)16-12-5-3-2-4-6-12/h2-6,13H,1,7-10H2. The van der Waals surface area contributed by atoms with E-state index in [4.69, 9.17) is 4.74 Å². The van der Waals surface area contributed by atoms with Crippen LogP contribution in [0.5, 0.6) is 5.75 Å². The largest absolute Gasteiger partial charge is 0.490 e. The topological polar surface area (TPSA) is 29.5 Å². The van der Waals surface area contributed by atoms with E-state index in [2.05, 4.69) is 6.92 Å². The number of carbonyl (C=O) groups excluding carboxylic acids is 1. The molecule has 0 aromatic heterocycles. The molecule has 0 saturated carbocycles. The molecule has 1 heterocycles. The maximum absolute atomic E-state index is 11.0. The first-order valence-corrected chi connectivity index (χ1v) is 5.58. The van der Waals surface area contributed by atoms with Gasteiger partial charge in [0.15, 0.2) is 0 Å². The van der Waals surface area contributed by atoms with Crippen molar-refractivity contribution in [1.29, 1.82) is 0 Å².